The first kappa shape index (κ1) is 14.8. The fourth-order valence-electron chi connectivity index (χ4n) is 1.69. The standard InChI is InChI=1S/C12H15ClN4O2S/c1-9-3-2-4-11(13)12(9)16-20(18,19)10-7-15-17(8-10)6-5-14/h2-4,7-8,16H,5-6,14H2,1H3. The number of hydrogen-bond acceptors (Lipinski definition) is 4. The summed E-state index contributed by atoms with van der Waals surface area (Å²) in [5, 5.41) is 4.29. The van der Waals surface area contributed by atoms with Gasteiger partial charge < -0.3 is 5.73 Å². The highest BCUT2D eigenvalue weighted by molar-refractivity contribution is 7.92. The van der Waals surface area contributed by atoms with Crippen LogP contribution in [0.4, 0.5) is 5.69 Å². The minimum Gasteiger partial charge on any atom is -0.329 e. The van der Waals surface area contributed by atoms with E-state index in [1.165, 1.54) is 17.1 Å². The van der Waals surface area contributed by atoms with Gasteiger partial charge in [-0.15, -0.1) is 0 Å². The number of nitrogens with two attached hydrogens (primary N) is 1. The van der Waals surface area contributed by atoms with Gasteiger partial charge in [-0.25, -0.2) is 8.42 Å². The highest BCUT2D eigenvalue weighted by Crippen LogP contribution is 2.27. The van der Waals surface area contributed by atoms with Crippen LogP contribution >= 0.6 is 11.6 Å². The van der Waals surface area contributed by atoms with Gasteiger partial charge in [-0.3, -0.25) is 9.40 Å². The molecule has 0 saturated carbocycles. The maximum Gasteiger partial charge on any atom is 0.265 e. The van der Waals surface area contributed by atoms with Crippen molar-refractivity contribution in [1.29, 1.82) is 0 Å². The van der Waals surface area contributed by atoms with E-state index in [-0.39, 0.29) is 4.90 Å². The number of hydrogen-bond donors (Lipinski definition) is 2. The molecule has 0 aliphatic rings. The Balaban J connectivity index is 2.31. The molecule has 0 saturated heterocycles. The van der Waals surface area contributed by atoms with Crippen LogP contribution in [0.1, 0.15) is 5.56 Å². The molecule has 1 aromatic carbocycles. The van der Waals surface area contributed by atoms with Crippen molar-refractivity contribution >= 4 is 27.3 Å². The van der Waals surface area contributed by atoms with Crippen LogP contribution in [0.25, 0.3) is 0 Å². The van der Waals surface area contributed by atoms with E-state index in [0.29, 0.717) is 23.8 Å². The van der Waals surface area contributed by atoms with E-state index >= 15 is 0 Å². The smallest absolute Gasteiger partial charge is 0.265 e. The Bertz CT molecular complexity index is 692. The minimum atomic E-state index is -3.71. The molecule has 0 fully saturated rings. The second-order valence-corrected chi connectivity index (χ2v) is 6.35. The molecule has 0 radical (unpaired) electrons. The van der Waals surface area contributed by atoms with Crippen LogP contribution in [0.3, 0.4) is 0 Å². The quantitative estimate of drug-likeness (QED) is 0.877. The van der Waals surface area contributed by atoms with E-state index in [9.17, 15) is 8.42 Å². The van der Waals surface area contributed by atoms with Crippen molar-refractivity contribution in [3.05, 3.63) is 41.2 Å². The summed E-state index contributed by atoms with van der Waals surface area (Å²) in [6.07, 6.45) is 2.71. The fraction of sp³-hybridized carbons (Fsp3) is 0.250. The van der Waals surface area contributed by atoms with Crippen molar-refractivity contribution < 1.29 is 8.42 Å². The Morgan fingerprint density at radius 2 is 2.20 bits per heavy atom. The molecular weight excluding hydrogens is 300 g/mol. The number of sulfonamides is 1. The minimum absolute atomic E-state index is 0.0743. The molecule has 108 valence electrons. The second kappa shape index (κ2) is 5.82. The third-order valence-corrected chi connectivity index (χ3v) is 4.36. The van der Waals surface area contributed by atoms with Crippen LogP contribution in [0.2, 0.25) is 5.02 Å². The maximum atomic E-state index is 12.3. The number of halogens is 1. The summed E-state index contributed by atoms with van der Waals surface area (Å²) in [5.74, 6) is 0. The van der Waals surface area contributed by atoms with Crippen molar-refractivity contribution in [3.63, 3.8) is 0 Å². The molecule has 1 aromatic heterocycles. The molecule has 0 unspecified atom stereocenters. The Kier molecular flexibility index (Phi) is 4.32. The lowest BCUT2D eigenvalue weighted by Gasteiger charge is -2.10. The van der Waals surface area contributed by atoms with E-state index in [0.717, 1.165) is 5.56 Å². The van der Waals surface area contributed by atoms with Gasteiger partial charge in [0.2, 0.25) is 0 Å². The third kappa shape index (κ3) is 3.12. The SMILES string of the molecule is Cc1cccc(Cl)c1NS(=O)(=O)c1cnn(CCN)c1. The van der Waals surface area contributed by atoms with Crippen LogP contribution in [0.15, 0.2) is 35.5 Å². The number of nitrogens with zero attached hydrogens (tertiary/aromatic N) is 2. The molecule has 2 aromatic rings. The predicted octanol–water partition coefficient (Wildman–Crippen LogP) is 1.60. The normalized spacial score (nSPS) is 11.6. The first-order chi connectivity index (χ1) is 9.44. The monoisotopic (exact) mass is 314 g/mol. The van der Waals surface area contributed by atoms with Crippen LogP contribution in [0, 0.1) is 6.92 Å². The molecule has 8 heteroatoms. The van der Waals surface area contributed by atoms with E-state index in [1.807, 2.05) is 0 Å². The maximum absolute atomic E-state index is 12.3. The molecule has 0 bridgehead atoms. The van der Waals surface area contributed by atoms with Gasteiger partial charge in [0.1, 0.15) is 4.90 Å². The van der Waals surface area contributed by atoms with Crippen LogP contribution in [0.5, 0.6) is 0 Å². The van der Waals surface area contributed by atoms with Gasteiger partial charge >= 0.3 is 0 Å². The lowest BCUT2D eigenvalue weighted by Crippen LogP contribution is -2.14. The van der Waals surface area contributed by atoms with Crippen molar-refractivity contribution in [3.8, 4) is 0 Å². The largest absolute Gasteiger partial charge is 0.329 e. The number of rotatable bonds is 5. The zero-order valence-electron chi connectivity index (χ0n) is 10.9. The lowest BCUT2D eigenvalue weighted by molar-refractivity contribution is 0.599. The van der Waals surface area contributed by atoms with Gasteiger partial charge in [0.05, 0.1) is 23.5 Å². The summed E-state index contributed by atoms with van der Waals surface area (Å²) in [6.45, 7) is 2.63. The lowest BCUT2D eigenvalue weighted by atomic mass is 10.2. The van der Waals surface area contributed by atoms with E-state index < -0.39 is 10.0 Å². The molecule has 2 rings (SSSR count). The fourth-order valence-corrected chi connectivity index (χ4v) is 3.12. The van der Waals surface area contributed by atoms with Crippen LogP contribution in [-0.4, -0.2) is 24.7 Å². The molecule has 6 nitrogen and oxygen atoms in total. The van der Waals surface area contributed by atoms with E-state index in [4.69, 9.17) is 17.3 Å². The Morgan fingerprint density at radius 3 is 2.85 bits per heavy atom. The second-order valence-electron chi connectivity index (χ2n) is 4.27. The zero-order chi connectivity index (χ0) is 14.8. The molecule has 1 heterocycles. The first-order valence-electron chi connectivity index (χ1n) is 5.94. The van der Waals surface area contributed by atoms with Gasteiger partial charge in [0.25, 0.3) is 10.0 Å². The summed E-state index contributed by atoms with van der Waals surface area (Å²) < 4.78 is 28.5. The van der Waals surface area contributed by atoms with Gasteiger partial charge in [-0.05, 0) is 18.6 Å². The Morgan fingerprint density at radius 1 is 1.45 bits per heavy atom. The predicted molar refractivity (Wildman–Crippen MR) is 78.3 cm³/mol. The van der Waals surface area contributed by atoms with Crippen molar-refractivity contribution in [2.45, 2.75) is 18.4 Å². The topological polar surface area (TPSA) is 90.0 Å². The summed E-state index contributed by atoms with van der Waals surface area (Å²) >= 11 is 6.01. The van der Waals surface area contributed by atoms with E-state index in [1.54, 1.807) is 25.1 Å². The first-order valence-corrected chi connectivity index (χ1v) is 7.80. The molecule has 0 amide bonds. The molecule has 3 N–H and O–H groups in total. The Hall–Kier alpha value is -1.57. The average molecular weight is 315 g/mol. The zero-order valence-corrected chi connectivity index (χ0v) is 12.4. The van der Waals surface area contributed by atoms with Crippen LogP contribution in [-0.2, 0) is 16.6 Å². The van der Waals surface area contributed by atoms with Crippen LogP contribution < -0.4 is 10.5 Å². The number of nitrogens with one attached hydrogen (secondary N) is 1. The molecule has 0 atom stereocenters. The number of benzene rings is 1. The third-order valence-electron chi connectivity index (χ3n) is 2.74. The van der Waals surface area contributed by atoms with Crippen molar-refractivity contribution in [2.24, 2.45) is 5.73 Å². The summed E-state index contributed by atoms with van der Waals surface area (Å²) in [4.78, 5) is 0.0743. The van der Waals surface area contributed by atoms with Gasteiger partial charge in [-0.2, -0.15) is 5.10 Å². The van der Waals surface area contributed by atoms with Gasteiger partial charge in [-0.1, -0.05) is 23.7 Å². The average Bonchev–Trinajstić information content (AvgIpc) is 2.84. The van der Waals surface area contributed by atoms with E-state index in [2.05, 4.69) is 9.82 Å². The number of aromatic nitrogens is 2. The molecule has 0 aliphatic carbocycles. The number of para-hydroxylation sites is 1. The Labute approximate surface area is 122 Å². The van der Waals surface area contributed by atoms with Crippen molar-refractivity contribution in [2.75, 3.05) is 11.3 Å². The molecule has 0 aliphatic heterocycles. The summed E-state index contributed by atoms with van der Waals surface area (Å²) in [6, 6.07) is 5.17. The molecule has 20 heavy (non-hydrogen) atoms. The highest BCUT2D eigenvalue weighted by Gasteiger charge is 2.18. The van der Waals surface area contributed by atoms with Gasteiger partial charge in [0.15, 0.2) is 0 Å². The number of aryl methyl sites for hydroxylation is 1. The summed E-state index contributed by atoms with van der Waals surface area (Å²) in [5.41, 5.74) is 6.52. The van der Waals surface area contributed by atoms with Gasteiger partial charge in [0, 0.05) is 12.7 Å². The summed E-state index contributed by atoms with van der Waals surface area (Å²) in [7, 11) is -3.71. The molecule has 0 spiro atoms. The molecular formula is C12H15ClN4O2S. The number of anilines is 1. The highest BCUT2D eigenvalue weighted by atomic mass is 35.5. The van der Waals surface area contributed by atoms with Crippen molar-refractivity contribution in [1.82, 2.24) is 9.78 Å².